The van der Waals surface area contributed by atoms with Crippen LogP contribution in [-0.4, -0.2) is 78.0 Å². The molecule has 0 atom stereocenters. The first-order valence-electron chi connectivity index (χ1n) is 9.00. The summed E-state index contributed by atoms with van der Waals surface area (Å²) in [5, 5.41) is 0. The number of esters is 1. The van der Waals surface area contributed by atoms with Gasteiger partial charge in [-0.15, -0.1) is 0 Å². The molecule has 0 aromatic rings. The Morgan fingerprint density at radius 1 is 0.425 bits per heavy atom. The molecule has 0 amide bonds. The second kappa shape index (κ2) is 9.71. The summed E-state index contributed by atoms with van der Waals surface area (Å²) in [5.41, 5.74) is 0. The van der Waals surface area contributed by atoms with E-state index in [1.807, 2.05) is 0 Å². The zero-order chi connectivity index (χ0) is 33.2. The molecule has 0 bridgehead atoms. The van der Waals surface area contributed by atoms with Crippen LogP contribution in [0.5, 0.6) is 0 Å². The van der Waals surface area contributed by atoms with Gasteiger partial charge in [-0.05, 0) is 6.42 Å². The van der Waals surface area contributed by atoms with Crippen LogP contribution in [0, 0.1) is 0 Å². The van der Waals surface area contributed by atoms with Crippen LogP contribution in [0.1, 0.15) is 13.3 Å². The van der Waals surface area contributed by atoms with Gasteiger partial charge in [-0.3, -0.25) is 0 Å². The van der Waals surface area contributed by atoms with Crippen LogP contribution in [0.25, 0.3) is 0 Å². The van der Waals surface area contributed by atoms with E-state index in [1.54, 1.807) is 0 Å². The van der Waals surface area contributed by atoms with Gasteiger partial charge in [-0.25, -0.2) is 4.79 Å². The molecule has 25 heteroatoms. The van der Waals surface area contributed by atoms with Crippen molar-refractivity contribution in [3.63, 3.8) is 0 Å². The smallest absolute Gasteiger partial charge is 0.460 e. The third-order valence-corrected chi connectivity index (χ3v) is 4.60. The van der Waals surface area contributed by atoms with Crippen LogP contribution in [0.4, 0.5) is 101 Å². The number of halogens is 23. The molecular formula is C15H7F23O2. The molecule has 0 spiro atoms. The van der Waals surface area contributed by atoms with Gasteiger partial charge in [-0.2, -0.15) is 101 Å². The van der Waals surface area contributed by atoms with E-state index in [0.717, 1.165) is 6.92 Å². The minimum Gasteiger partial charge on any atom is -0.461 e. The van der Waals surface area contributed by atoms with Crippen molar-refractivity contribution < 1.29 is 111 Å². The molecular weight excluding hydrogens is 649 g/mol. The third kappa shape index (κ3) is 4.55. The van der Waals surface area contributed by atoms with Crippen LogP contribution in [-0.2, 0) is 9.53 Å². The van der Waals surface area contributed by atoms with E-state index in [1.165, 1.54) is 0 Å². The molecule has 0 unspecified atom stereocenters. The Kier molecular flexibility index (Phi) is 9.19. The molecule has 0 N–H and O–H groups in total. The lowest BCUT2D eigenvalue weighted by Gasteiger charge is -2.44. The van der Waals surface area contributed by atoms with E-state index < -0.39 is 84.4 Å². The van der Waals surface area contributed by atoms with Crippen molar-refractivity contribution in [3.8, 4) is 0 Å². The van der Waals surface area contributed by atoms with E-state index >= 15 is 0 Å². The van der Waals surface area contributed by atoms with Crippen LogP contribution in [0.15, 0.2) is 0 Å². The normalized spacial score (nSPS) is 16.3. The summed E-state index contributed by atoms with van der Waals surface area (Å²) in [5.74, 6) is -93.3. The maximum Gasteiger partial charge on any atom is 0.460 e. The zero-order valence-electron chi connectivity index (χ0n) is 17.9. The number of hydrogen-bond donors (Lipinski definition) is 0. The Bertz CT molecular complexity index is 929. The highest BCUT2D eigenvalue weighted by atomic mass is 19.4. The van der Waals surface area contributed by atoms with Crippen LogP contribution in [0.3, 0.4) is 0 Å². The number of alkyl halides is 23. The SMILES string of the molecule is CCCOC(=O)C(F)(F)C(F)(F)C(F)(F)C(F)(F)C(F)(F)C(F)(F)C(F)(F)C(F)(F)C(F)(F)C(F)(F)C(F)(F)F. The van der Waals surface area contributed by atoms with Gasteiger partial charge in [0.25, 0.3) is 0 Å². The minimum atomic E-state index is -9.48. The van der Waals surface area contributed by atoms with Crippen molar-refractivity contribution in [2.45, 2.75) is 78.7 Å². The second-order valence-corrected chi connectivity index (χ2v) is 7.38. The minimum absolute atomic E-state index is 0.633. The summed E-state index contributed by atoms with van der Waals surface area (Å²) in [4.78, 5) is 10.8. The van der Waals surface area contributed by atoms with Crippen molar-refractivity contribution in [2.24, 2.45) is 0 Å². The predicted molar refractivity (Wildman–Crippen MR) is 76.8 cm³/mol. The van der Waals surface area contributed by atoms with Gasteiger partial charge in [-0.1, -0.05) is 6.92 Å². The Morgan fingerprint density at radius 2 is 0.650 bits per heavy atom. The summed E-state index contributed by atoms with van der Waals surface area (Å²) in [6, 6.07) is 0. The van der Waals surface area contributed by atoms with Gasteiger partial charge >= 0.3 is 71.4 Å². The summed E-state index contributed by atoms with van der Waals surface area (Å²) >= 11 is 0. The molecule has 0 aromatic carbocycles. The van der Waals surface area contributed by atoms with Crippen molar-refractivity contribution in [1.82, 2.24) is 0 Å². The first kappa shape index (κ1) is 37.9. The molecule has 0 saturated heterocycles. The number of rotatable bonds is 12. The molecule has 0 rings (SSSR count). The molecule has 0 aliphatic heterocycles. The lowest BCUT2D eigenvalue weighted by Crippen LogP contribution is -2.78. The fraction of sp³-hybridized carbons (Fsp3) is 0.933. The first-order chi connectivity index (χ1) is 17.0. The van der Waals surface area contributed by atoms with Crippen LogP contribution < -0.4 is 0 Å². The molecule has 0 aliphatic carbocycles. The van der Waals surface area contributed by atoms with Crippen molar-refractivity contribution in [1.29, 1.82) is 0 Å². The molecule has 0 heterocycles. The summed E-state index contributed by atoms with van der Waals surface area (Å²) in [6.45, 7) is -0.558. The largest absolute Gasteiger partial charge is 0.461 e. The Hall–Kier alpha value is -2.14. The molecule has 40 heavy (non-hydrogen) atoms. The average molecular weight is 656 g/mol. The zero-order valence-corrected chi connectivity index (χ0v) is 17.9. The van der Waals surface area contributed by atoms with Crippen LogP contribution >= 0.6 is 0 Å². The fourth-order valence-electron chi connectivity index (χ4n) is 2.17. The maximum absolute atomic E-state index is 13.6. The monoisotopic (exact) mass is 656 g/mol. The maximum atomic E-state index is 13.6. The first-order valence-corrected chi connectivity index (χ1v) is 9.00. The predicted octanol–water partition coefficient (Wildman–Crippen LogP) is 7.85. The van der Waals surface area contributed by atoms with Crippen LogP contribution in [0.2, 0.25) is 0 Å². The molecule has 0 aliphatic rings. The second-order valence-electron chi connectivity index (χ2n) is 7.38. The Labute approximate surface area is 203 Å². The van der Waals surface area contributed by atoms with Gasteiger partial charge in [0.2, 0.25) is 0 Å². The van der Waals surface area contributed by atoms with Gasteiger partial charge in [0, 0.05) is 0 Å². The van der Waals surface area contributed by atoms with E-state index in [4.69, 9.17) is 0 Å². The van der Waals surface area contributed by atoms with Gasteiger partial charge < -0.3 is 4.74 Å². The van der Waals surface area contributed by atoms with Gasteiger partial charge in [0.1, 0.15) is 0 Å². The van der Waals surface area contributed by atoms with Crippen molar-refractivity contribution in [3.05, 3.63) is 0 Å². The summed E-state index contributed by atoms with van der Waals surface area (Å²) in [7, 11) is 0. The number of carbonyl (C=O) groups is 1. The lowest BCUT2D eigenvalue weighted by atomic mass is 9.85. The Morgan fingerprint density at radius 3 is 0.875 bits per heavy atom. The molecule has 0 fully saturated rings. The topological polar surface area (TPSA) is 26.3 Å². The highest BCUT2D eigenvalue weighted by Crippen LogP contribution is 2.67. The standard InChI is InChI=1S/C15H7F23O2/c1-2-3-40-4(39)5(16,17)6(18,19)7(20,21)8(22,23)9(24,25)10(26,27)11(28,29)12(30,31)13(32,33)14(34,35)15(36,37)38/h2-3H2,1H3. The molecule has 0 saturated carbocycles. The molecule has 2 nitrogen and oxygen atoms in total. The van der Waals surface area contributed by atoms with Crippen molar-refractivity contribution in [2.75, 3.05) is 6.61 Å². The van der Waals surface area contributed by atoms with Gasteiger partial charge in [0.05, 0.1) is 6.61 Å². The highest BCUT2D eigenvalue weighted by Gasteiger charge is 2.99. The van der Waals surface area contributed by atoms with E-state index in [-0.39, 0.29) is 0 Å². The van der Waals surface area contributed by atoms with E-state index in [2.05, 4.69) is 4.74 Å². The number of ether oxygens (including phenoxy) is 1. The molecule has 0 radical (unpaired) electrons. The molecule has 0 aromatic heterocycles. The third-order valence-electron chi connectivity index (χ3n) is 4.60. The highest BCUT2D eigenvalue weighted by molar-refractivity contribution is 5.79. The van der Waals surface area contributed by atoms with E-state index in [9.17, 15) is 106 Å². The number of carbonyl (C=O) groups excluding carboxylic acids is 1. The fourth-order valence-corrected chi connectivity index (χ4v) is 2.17. The number of hydrogen-bond acceptors (Lipinski definition) is 2. The molecule has 240 valence electrons. The van der Waals surface area contributed by atoms with Crippen molar-refractivity contribution >= 4 is 5.97 Å². The van der Waals surface area contributed by atoms with Gasteiger partial charge in [0.15, 0.2) is 0 Å². The quantitative estimate of drug-likeness (QED) is 0.158. The van der Waals surface area contributed by atoms with E-state index in [0.29, 0.717) is 0 Å². The average Bonchev–Trinajstić information content (AvgIpc) is 2.75. The summed E-state index contributed by atoms with van der Waals surface area (Å²) < 4.78 is 307. The summed E-state index contributed by atoms with van der Waals surface area (Å²) in [6.07, 6.45) is -8.75. The lowest BCUT2D eigenvalue weighted by molar-refractivity contribution is -0.477. The Balaban J connectivity index is 7.18.